The Labute approximate surface area is 252 Å². The molecule has 1 saturated carbocycles. The molecule has 212 valence electrons. The molecule has 1 fully saturated rings. The zero-order valence-corrected chi connectivity index (χ0v) is 25.3. The number of ether oxygens (including phenoxy) is 1. The van der Waals surface area contributed by atoms with Gasteiger partial charge in [-0.15, -0.1) is 0 Å². The minimum atomic E-state index is -1.83. The minimum absolute atomic E-state index is 0.0175. The number of hydrogen-bond donors (Lipinski definition) is 2. The van der Waals surface area contributed by atoms with Gasteiger partial charge in [0.25, 0.3) is 5.91 Å². The van der Waals surface area contributed by atoms with Crippen molar-refractivity contribution in [1.29, 1.82) is 5.26 Å². The van der Waals surface area contributed by atoms with E-state index in [1.165, 1.54) is 43.3 Å². The molecule has 1 aromatic heterocycles. The maximum Gasteiger partial charge on any atom is 0.257 e. The molecule has 2 aromatic carbocycles. The first-order chi connectivity index (χ1) is 19.5. The van der Waals surface area contributed by atoms with Gasteiger partial charge in [0.1, 0.15) is 49.1 Å². The van der Waals surface area contributed by atoms with Crippen molar-refractivity contribution in [3.63, 3.8) is 0 Å². The number of nitriles is 1. The summed E-state index contributed by atoms with van der Waals surface area (Å²) in [5, 5.41) is 29.4. The van der Waals surface area contributed by atoms with E-state index < -0.39 is 39.3 Å². The van der Waals surface area contributed by atoms with E-state index in [0.29, 0.717) is 23.4 Å². The number of aliphatic hydroxyl groups is 2. The first-order valence-corrected chi connectivity index (χ1v) is 14.1. The van der Waals surface area contributed by atoms with E-state index in [4.69, 9.17) is 16.3 Å². The van der Waals surface area contributed by atoms with Crippen LogP contribution in [0.3, 0.4) is 0 Å². The van der Waals surface area contributed by atoms with Crippen molar-refractivity contribution < 1.29 is 24.1 Å². The summed E-state index contributed by atoms with van der Waals surface area (Å²) in [6, 6.07) is 11.3. The highest BCUT2D eigenvalue weighted by molar-refractivity contribution is 6.45. The third-order valence-corrected chi connectivity index (χ3v) is 9.09. The quantitative estimate of drug-likeness (QED) is 0.354. The van der Waals surface area contributed by atoms with Crippen molar-refractivity contribution in [3.8, 4) is 6.07 Å². The van der Waals surface area contributed by atoms with Crippen LogP contribution in [-0.4, -0.2) is 73.2 Å². The maximum atomic E-state index is 16.5. The standard InChI is InChI=1S/C28H30B4ClFN4O4/c1-24(2,40)17-9-19-22(20(34)10-17)26(16-3-5-18(33)6-4-16,42-28(31,32)25(7-8-25)27(29,30)41)38(23(19)39)14-21-36-12-15(11-35)13-37-21/h3-6,9-10,12-13,40-41H,7-8,14,29-32H2,1-2H3/t26-/m1/s1. The van der Waals surface area contributed by atoms with E-state index in [0.717, 1.165) is 0 Å². The van der Waals surface area contributed by atoms with E-state index in [9.17, 15) is 20.3 Å². The number of benzene rings is 2. The lowest BCUT2D eigenvalue weighted by atomic mass is 9.43. The lowest BCUT2D eigenvalue weighted by Gasteiger charge is -2.51. The Morgan fingerprint density at radius 2 is 1.71 bits per heavy atom. The Kier molecular flexibility index (Phi) is 7.18. The van der Waals surface area contributed by atoms with Crippen LogP contribution in [0.1, 0.15) is 65.1 Å². The van der Waals surface area contributed by atoms with Crippen LogP contribution in [-0.2, 0) is 22.6 Å². The van der Waals surface area contributed by atoms with Gasteiger partial charge in [-0.3, -0.25) is 9.69 Å². The van der Waals surface area contributed by atoms with E-state index in [1.807, 2.05) is 21.8 Å². The summed E-state index contributed by atoms with van der Waals surface area (Å²) in [4.78, 5) is 24.3. The number of carbonyl (C=O) groups excluding carboxylic acids is 1. The number of fused-ring (bicyclic) bond motifs is 1. The zero-order valence-electron chi connectivity index (χ0n) is 24.5. The molecule has 42 heavy (non-hydrogen) atoms. The van der Waals surface area contributed by atoms with Crippen LogP contribution in [0.15, 0.2) is 48.8 Å². The number of amides is 1. The van der Waals surface area contributed by atoms with Crippen LogP contribution in [0.5, 0.6) is 0 Å². The molecule has 8 nitrogen and oxygen atoms in total. The topological polar surface area (TPSA) is 120 Å². The Morgan fingerprint density at radius 1 is 1.12 bits per heavy atom. The monoisotopic (exact) mass is 584 g/mol. The minimum Gasteiger partial charge on any atom is -0.407 e. The molecule has 3 aromatic rings. The molecule has 2 N–H and O–H groups in total. The van der Waals surface area contributed by atoms with Gasteiger partial charge in [0, 0.05) is 33.8 Å². The molecule has 0 saturated heterocycles. The summed E-state index contributed by atoms with van der Waals surface area (Å²) in [6.45, 7) is 2.84. The summed E-state index contributed by atoms with van der Waals surface area (Å²) in [6.07, 6.45) is 4.04. The van der Waals surface area contributed by atoms with Gasteiger partial charge in [-0.05, 0) is 61.9 Å². The fourth-order valence-electron chi connectivity index (χ4n) is 6.40. The summed E-state index contributed by atoms with van der Waals surface area (Å²) in [5.41, 5.74) is -3.03. The third kappa shape index (κ3) is 4.75. The molecule has 0 radical (unpaired) electrons. The lowest BCUT2D eigenvalue weighted by Crippen LogP contribution is -2.62. The molecule has 0 unspecified atom stereocenters. The van der Waals surface area contributed by atoms with E-state index in [2.05, 4.69) is 9.97 Å². The van der Waals surface area contributed by atoms with Crippen LogP contribution in [0.4, 0.5) is 4.39 Å². The molecule has 2 heterocycles. The third-order valence-electron chi connectivity index (χ3n) is 8.84. The zero-order chi connectivity index (χ0) is 30.9. The van der Waals surface area contributed by atoms with Crippen molar-refractivity contribution >= 4 is 48.9 Å². The summed E-state index contributed by atoms with van der Waals surface area (Å²) >= 11 is 6.26. The number of nitrogens with zero attached hydrogens (tertiary/aromatic N) is 4. The second-order valence-electron chi connectivity index (χ2n) is 12.7. The first kappa shape index (κ1) is 30.3. The highest BCUT2D eigenvalue weighted by atomic mass is 35.5. The predicted octanol–water partition coefficient (Wildman–Crippen LogP) is -0.146. The first-order valence-electron chi connectivity index (χ1n) is 13.8. The predicted molar refractivity (Wildman–Crippen MR) is 165 cm³/mol. The number of aromatic nitrogens is 2. The molecular formula is C28H30B4ClFN4O4. The normalized spacial score (nSPS) is 19.8. The summed E-state index contributed by atoms with van der Waals surface area (Å²) in [5.74, 6) is -1.08. The van der Waals surface area contributed by atoms with Gasteiger partial charge in [-0.1, -0.05) is 23.7 Å². The van der Waals surface area contributed by atoms with Crippen molar-refractivity contribution in [2.45, 2.75) is 55.4 Å². The smallest absolute Gasteiger partial charge is 0.257 e. The van der Waals surface area contributed by atoms with Gasteiger partial charge in [-0.25, -0.2) is 14.4 Å². The molecule has 5 rings (SSSR count). The Bertz CT molecular complexity index is 1600. The largest absolute Gasteiger partial charge is 0.407 e. The Hall–Kier alpha value is -3.16. The maximum absolute atomic E-state index is 16.5. The van der Waals surface area contributed by atoms with Gasteiger partial charge in [0.2, 0.25) is 0 Å². The fraction of sp³-hybridized carbons (Fsp3) is 0.357. The fourth-order valence-corrected chi connectivity index (χ4v) is 6.52. The second-order valence-corrected chi connectivity index (χ2v) is 13.2. The molecule has 1 aliphatic carbocycles. The average Bonchev–Trinajstić information content (AvgIpc) is 3.70. The van der Waals surface area contributed by atoms with Crippen LogP contribution in [0.25, 0.3) is 0 Å². The molecule has 1 atom stereocenters. The highest BCUT2D eigenvalue weighted by Gasteiger charge is 2.66. The van der Waals surface area contributed by atoms with Crippen LogP contribution in [0.2, 0.25) is 5.02 Å². The molecule has 1 aliphatic heterocycles. The molecule has 1 amide bonds. The second kappa shape index (κ2) is 9.95. The van der Waals surface area contributed by atoms with Crippen LogP contribution < -0.4 is 0 Å². The van der Waals surface area contributed by atoms with Gasteiger partial charge in [0.15, 0.2) is 5.72 Å². The van der Waals surface area contributed by atoms with E-state index in [-0.39, 0.29) is 34.6 Å². The van der Waals surface area contributed by atoms with Gasteiger partial charge in [-0.2, -0.15) is 5.26 Å². The number of rotatable bonds is 8. The van der Waals surface area contributed by atoms with Crippen molar-refractivity contribution in [1.82, 2.24) is 14.9 Å². The van der Waals surface area contributed by atoms with E-state index in [1.54, 1.807) is 40.0 Å². The van der Waals surface area contributed by atoms with E-state index >= 15 is 4.39 Å². The van der Waals surface area contributed by atoms with Gasteiger partial charge < -0.3 is 14.9 Å². The highest BCUT2D eigenvalue weighted by Crippen LogP contribution is 2.61. The van der Waals surface area contributed by atoms with Crippen LogP contribution in [0, 0.1) is 22.6 Å². The Balaban J connectivity index is 1.81. The summed E-state index contributed by atoms with van der Waals surface area (Å²) in [7, 11) is 7.15. The molecule has 0 bridgehead atoms. The van der Waals surface area contributed by atoms with Crippen molar-refractivity contribution in [3.05, 3.63) is 93.3 Å². The molecule has 14 heteroatoms. The van der Waals surface area contributed by atoms with Crippen molar-refractivity contribution in [2.24, 2.45) is 5.41 Å². The van der Waals surface area contributed by atoms with Crippen molar-refractivity contribution in [2.75, 3.05) is 0 Å². The average molecular weight is 584 g/mol. The molecule has 0 spiro atoms. The number of hydrogen-bond acceptors (Lipinski definition) is 7. The molecule has 2 aliphatic rings. The Morgan fingerprint density at radius 3 is 2.21 bits per heavy atom. The number of halogens is 2. The SMILES string of the molecule is BC(B)(O)C1(C(B)(B)O[C@]2(c3ccc(Cl)cc3)c3c(F)cc(C(C)(C)O)cc3C(=O)N2Cc2ncc(C#N)cn2)CC1. The van der Waals surface area contributed by atoms with Gasteiger partial charge in [0.05, 0.1) is 28.8 Å². The lowest BCUT2D eigenvalue weighted by molar-refractivity contribution is -0.169. The summed E-state index contributed by atoms with van der Waals surface area (Å²) < 4.78 is 23.6. The molecular weight excluding hydrogens is 554 g/mol. The van der Waals surface area contributed by atoms with Gasteiger partial charge >= 0.3 is 0 Å². The number of carbonyl (C=O) groups is 1. The van der Waals surface area contributed by atoms with Crippen LogP contribution >= 0.6 is 11.6 Å².